The molecular formula is C11H20N2. The van der Waals surface area contributed by atoms with Crippen LogP contribution in [0.4, 0.5) is 0 Å². The van der Waals surface area contributed by atoms with Crippen LogP contribution in [0, 0.1) is 5.41 Å². The standard InChI is InChI=1S/C11H20N2/c1-5-10-12-7-9-13(10)8-6-11(2,3)4/h7,9H,5-6,8H2,1-4H3. The minimum Gasteiger partial charge on any atom is -0.335 e. The van der Waals surface area contributed by atoms with Crippen LogP contribution in [0.1, 0.15) is 39.9 Å². The van der Waals surface area contributed by atoms with Crippen molar-refractivity contribution in [3.63, 3.8) is 0 Å². The van der Waals surface area contributed by atoms with Crippen molar-refractivity contribution in [3.05, 3.63) is 18.2 Å². The van der Waals surface area contributed by atoms with Gasteiger partial charge in [0.2, 0.25) is 0 Å². The first-order chi connectivity index (χ1) is 6.03. The van der Waals surface area contributed by atoms with Gasteiger partial charge in [0.05, 0.1) is 0 Å². The summed E-state index contributed by atoms with van der Waals surface area (Å²) in [6.45, 7) is 10.1. The zero-order valence-electron chi connectivity index (χ0n) is 9.17. The maximum absolute atomic E-state index is 4.30. The highest BCUT2D eigenvalue weighted by molar-refractivity contribution is 4.91. The normalized spacial score (nSPS) is 12.0. The molecule has 0 bridgehead atoms. The zero-order chi connectivity index (χ0) is 9.90. The zero-order valence-corrected chi connectivity index (χ0v) is 9.17. The molecule has 13 heavy (non-hydrogen) atoms. The Bertz CT molecular complexity index is 255. The van der Waals surface area contributed by atoms with Gasteiger partial charge in [-0.1, -0.05) is 27.7 Å². The van der Waals surface area contributed by atoms with Crippen molar-refractivity contribution in [2.75, 3.05) is 0 Å². The molecule has 0 saturated heterocycles. The molecule has 0 amide bonds. The molecule has 0 spiro atoms. The maximum atomic E-state index is 4.30. The van der Waals surface area contributed by atoms with Crippen LogP contribution in [0.2, 0.25) is 0 Å². The molecule has 0 N–H and O–H groups in total. The van der Waals surface area contributed by atoms with Crippen LogP contribution in [0.25, 0.3) is 0 Å². The van der Waals surface area contributed by atoms with E-state index >= 15 is 0 Å². The molecule has 2 heteroatoms. The molecular weight excluding hydrogens is 160 g/mol. The summed E-state index contributed by atoms with van der Waals surface area (Å²) in [4.78, 5) is 4.30. The van der Waals surface area contributed by atoms with Crippen LogP contribution in [0.5, 0.6) is 0 Å². The number of aryl methyl sites for hydroxylation is 2. The average molecular weight is 180 g/mol. The van der Waals surface area contributed by atoms with Crippen LogP contribution >= 0.6 is 0 Å². The molecule has 0 radical (unpaired) electrons. The molecule has 0 aliphatic heterocycles. The highest BCUT2D eigenvalue weighted by Gasteiger charge is 2.10. The van der Waals surface area contributed by atoms with Gasteiger partial charge in [-0.15, -0.1) is 0 Å². The van der Waals surface area contributed by atoms with Crippen molar-refractivity contribution >= 4 is 0 Å². The predicted molar refractivity (Wildman–Crippen MR) is 55.7 cm³/mol. The third kappa shape index (κ3) is 3.21. The molecule has 1 heterocycles. The van der Waals surface area contributed by atoms with Crippen LogP contribution in [-0.4, -0.2) is 9.55 Å². The minimum absolute atomic E-state index is 0.412. The SMILES string of the molecule is CCc1nccn1CCC(C)(C)C. The Balaban J connectivity index is 2.54. The summed E-state index contributed by atoms with van der Waals surface area (Å²) in [6, 6.07) is 0. The lowest BCUT2D eigenvalue weighted by Crippen LogP contribution is -2.11. The fourth-order valence-corrected chi connectivity index (χ4v) is 1.31. The van der Waals surface area contributed by atoms with E-state index in [1.165, 1.54) is 12.2 Å². The van der Waals surface area contributed by atoms with E-state index in [4.69, 9.17) is 0 Å². The molecule has 1 aromatic heterocycles. The lowest BCUT2D eigenvalue weighted by atomic mass is 9.92. The molecule has 0 aliphatic carbocycles. The van der Waals surface area contributed by atoms with Crippen molar-refractivity contribution in [2.24, 2.45) is 5.41 Å². The number of aromatic nitrogens is 2. The molecule has 0 fully saturated rings. The Morgan fingerprint density at radius 1 is 1.38 bits per heavy atom. The van der Waals surface area contributed by atoms with Gasteiger partial charge in [-0.25, -0.2) is 4.98 Å². The number of hydrogen-bond donors (Lipinski definition) is 0. The van der Waals surface area contributed by atoms with Crippen molar-refractivity contribution in [1.29, 1.82) is 0 Å². The summed E-state index contributed by atoms with van der Waals surface area (Å²) >= 11 is 0. The fraction of sp³-hybridized carbons (Fsp3) is 0.727. The van der Waals surface area contributed by atoms with Crippen LogP contribution in [0.3, 0.4) is 0 Å². The summed E-state index contributed by atoms with van der Waals surface area (Å²) in [5.74, 6) is 1.20. The van der Waals surface area contributed by atoms with Crippen molar-refractivity contribution < 1.29 is 0 Å². The fourth-order valence-electron chi connectivity index (χ4n) is 1.31. The quantitative estimate of drug-likeness (QED) is 0.699. The highest BCUT2D eigenvalue weighted by Crippen LogP contribution is 2.19. The first-order valence-electron chi connectivity index (χ1n) is 5.03. The Morgan fingerprint density at radius 2 is 2.08 bits per heavy atom. The molecule has 0 atom stereocenters. The molecule has 0 saturated carbocycles. The van der Waals surface area contributed by atoms with Crippen LogP contribution in [0.15, 0.2) is 12.4 Å². The second-order valence-electron chi connectivity index (χ2n) is 4.70. The van der Waals surface area contributed by atoms with Gasteiger partial charge in [-0.2, -0.15) is 0 Å². The van der Waals surface area contributed by atoms with Gasteiger partial charge < -0.3 is 4.57 Å². The van der Waals surface area contributed by atoms with Gasteiger partial charge in [0.1, 0.15) is 5.82 Å². The van der Waals surface area contributed by atoms with E-state index in [1.807, 2.05) is 6.20 Å². The topological polar surface area (TPSA) is 17.8 Å². The highest BCUT2D eigenvalue weighted by atomic mass is 15.1. The maximum Gasteiger partial charge on any atom is 0.108 e. The van der Waals surface area contributed by atoms with E-state index < -0.39 is 0 Å². The van der Waals surface area contributed by atoms with E-state index in [-0.39, 0.29) is 0 Å². The average Bonchev–Trinajstić information content (AvgIpc) is 2.46. The van der Waals surface area contributed by atoms with Gasteiger partial charge >= 0.3 is 0 Å². The first kappa shape index (κ1) is 10.3. The minimum atomic E-state index is 0.412. The van der Waals surface area contributed by atoms with Crippen LogP contribution in [-0.2, 0) is 13.0 Å². The molecule has 1 rings (SSSR count). The molecule has 0 aliphatic rings. The number of rotatable bonds is 3. The van der Waals surface area contributed by atoms with E-state index in [2.05, 4.69) is 43.4 Å². The molecule has 1 aromatic rings. The van der Waals surface area contributed by atoms with Crippen molar-refractivity contribution in [2.45, 2.75) is 47.1 Å². The molecule has 0 unspecified atom stereocenters. The summed E-state index contributed by atoms with van der Waals surface area (Å²) < 4.78 is 2.26. The second-order valence-corrected chi connectivity index (χ2v) is 4.70. The molecule has 0 aromatic carbocycles. The summed E-state index contributed by atoms with van der Waals surface area (Å²) in [5.41, 5.74) is 0.412. The van der Waals surface area contributed by atoms with E-state index in [0.717, 1.165) is 13.0 Å². The predicted octanol–water partition coefficient (Wildman–Crippen LogP) is 2.88. The van der Waals surface area contributed by atoms with E-state index in [1.54, 1.807) is 0 Å². The summed E-state index contributed by atoms with van der Waals surface area (Å²) in [5, 5.41) is 0. The Morgan fingerprint density at radius 3 is 2.62 bits per heavy atom. The van der Waals surface area contributed by atoms with Gasteiger partial charge in [-0.3, -0.25) is 0 Å². The third-order valence-electron chi connectivity index (χ3n) is 2.22. The van der Waals surface area contributed by atoms with Gasteiger partial charge in [-0.05, 0) is 11.8 Å². The lowest BCUT2D eigenvalue weighted by molar-refractivity contribution is 0.348. The monoisotopic (exact) mass is 180 g/mol. The smallest absolute Gasteiger partial charge is 0.108 e. The Kier molecular flexibility index (Phi) is 3.12. The van der Waals surface area contributed by atoms with Gasteiger partial charge in [0, 0.05) is 25.4 Å². The Hall–Kier alpha value is -0.790. The van der Waals surface area contributed by atoms with E-state index in [0.29, 0.717) is 5.41 Å². The Labute approximate surface area is 81.0 Å². The summed E-state index contributed by atoms with van der Waals surface area (Å²) in [7, 11) is 0. The number of hydrogen-bond acceptors (Lipinski definition) is 1. The summed E-state index contributed by atoms with van der Waals surface area (Å²) in [6.07, 6.45) is 6.19. The first-order valence-corrected chi connectivity index (χ1v) is 5.03. The largest absolute Gasteiger partial charge is 0.335 e. The van der Waals surface area contributed by atoms with Crippen molar-refractivity contribution in [1.82, 2.24) is 9.55 Å². The van der Waals surface area contributed by atoms with Crippen molar-refractivity contribution in [3.8, 4) is 0 Å². The van der Waals surface area contributed by atoms with Gasteiger partial charge in [0.25, 0.3) is 0 Å². The number of nitrogens with zero attached hydrogens (tertiary/aromatic N) is 2. The lowest BCUT2D eigenvalue weighted by Gasteiger charge is -2.18. The third-order valence-corrected chi connectivity index (χ3v) is 2.22. The van der Waals surface area contributed by atoms with Gasteiger partial charge in [0.15, 0.2) is 0 Å². The second kappa shape index (κ2) is 3.95. The molecule has 74 valence electrons. The van der Waals surface area contributed by atoms with Crippen LogP contribution < -0.4 is 0 Å². The number of imidazole rings is 1. The molecule has 2 nitrogen and oxygen atoms in total. The van der Waals surface area contributed by atoms with E-state index in [9.17, 15) is 0 Å².